The third kappa shape index (κ3) is 23.8. The second-order valence-corrected chi connectivity index (χ2v) is 3.63. The van der Waals surface area contributed by atoms with Crippen molar-refractivity contribution in [3.05, 3.63) is 33.3 Å². The quantitative estimate of drug-likeness (QED) is 0.220. The molecule has 0 fully saturated rings. The lowest BCUT2D eigenvalue weighted by atomic mass is 10.2. The van der Waals surface area contributed by atoms with Crippen LogP contribution in [0.2, 0.25) is 0 Å². The normalized spacial score (nSPS) is 8.17. The Bertz CT molecular complexity index is 282. The average Bonchev–Trinajstić information content (AvgIpc) is 2.40. The van der Waals surface area contributed by atoms with Gasteiger partial charge in [-0.25, -0.2) is 13.1 Å². The van der Waals surface area contributed by atoms with Gasteiger partial charge in [0.25, 0.3) is 0 Å². The lowest BCUT2D eigenvalue weighted by Gasteiger charge is -1.88. The van der Waals surface area contributed by atoms with Gasteiger partial charge in [0.2, 0.25) is 13.1 Å². The molecule has 6 heteroatoms. The minimum Gasteiger partial charge on any atom is -0.330 e. The van der Waals surface area contributed by atoms with Gasteiger partial charge in [-0.3, -0.25) is 0 Å². The first-order valence-electron chi connectivity index (χ1n) is 6.20. The largest absolute Gasteiger partial charge is 0.330 e. The Labute approximate surface area is 109 Å². The average molecular weight is 250 g/mol. The lowest BCUT2D eigenvalue weighted by molar-refractivity contribution is 0.715. The van der Waals surface area contributed by atoms with Gasteiger partial charge in [0.15, 0.2) is 0 Å². The lowest BCUT2D eigenvalue weighted by Crippen LogP contribution is -1.97. The summed E-state index contributed by atoms with van der Waals surface area (Å²) in [4.78, 5) is 9.03. The molecule has 0 aliphatic heterocycles. The number of rotatable bonds is 9. The van der Waals surface area contributed by atoms with Gasteiger partial charge >= 0.3 is 0 Å². The minimum atomic E-state index is 0.564. The van der Waals surface area contributed by atoms with Crippen LogP contribution in [0.25, 0.3) is 20.1 Å². The van der Waals surface area contributed by atoms with Crippen molar-refractivity contribution in [2.45, 2.75) is 38.5 Å². The van der Waals surface area contributed by atoms with Gasteiger partial charge in [0.1, 0.15) is 0 Å². The van der Waals surface area contributed by atoms with Crippen LogP contribution in [-0.4, -0.2) is 26.2 Å². The molecule has 6 nitrogen and oxygen atoms in total. The molecule has 0 spiro atoms. The van der Waals surface area contributed by atoms with Gasteiger partial charge in [-0.2, -0.15) is 0 Å². The molecule has 100 valence electrons. The molecule has 0 radical (unpaired) electrons. The molecule has 0 saturated carbocycles. The summed E-state index contributed by atoms with van der Waals surface area (Å²) in [6, 6.07) is 0. The van der Waals surface area contributed by atoms with Crippen LogP contribution in [-0.2, 0) is 0 Å². The molecule has 0 rings (SSSR count). The fourth-order valence-corrected chi connectivity index (χ4v) is 1.11. The van der Waals surface area contributed by atoms with Crippen molar-refractivity contribution in [2.24, 2.45) is 10.8 Å². The summed E-state index contributed by atoms with van der Waals surface area (Å²) >= 11 is 0. The zero-order chi connectivity index (χ0) is 13.9. The van der Waals surface area contributed by atoms with Crippen molar-refractivity contribution in [3.63, 3.8) is 0 Å². The van der Waals surface area contributed by atoms with E-state index in [1.807, 2.05) is 0 Å². The maximum absolute atomic E-state index is 7.88. The van der Waals surface area contributed by atoms with E-state index in [2.05, 4.69) is 19.7 Å². The Morgan fingerprint density at radius 2 is 1.44 bits per heavy atom. The van der Waals surface area contributed by atoms with Gasteiger partial charge in [0.05, 0.1) is 0 Å². The minimum absolute atomic E-state index is 0.564. The molecule has 0 aromatic rings. The summed E-state index contributed by atoms with van der Waals surface area (Å²) in [5.74, 6) is 0. The number of nitrogens with two attached hydrogens (primary N) is 1. The number of azide groups is 1. The van der Waals surface area contributed by atoms with E-state index in [1.54, 1.807) is 0 Å². The summed E-state index contributed by atoms with van der Waals surface area (Å²) < 4.78 is 0. The standard InChI is InChI=1S/C6H10N4.C6H12N2/c1-8-5-3-2-4-6-9-10-7;1-8-6-4-2-3-5-7/h2-6H2;2-7H2. The van der Waals surface area contributed by atoms with Crippen molar-refractivity contribution in [1.82, 2.24) is 0 Å². The highest BCUT2D eigenvalue weighted by atomic mass is 15.1. The molecule has 2 N–H and O–H groups in total. The molecular weight excluding hydrogens is 228 g/mol. The Kier molecular flexibility index (Phi) is 21.3. The molecule has 0 aliphatic rings. The molecule has 0 bridgehead atoms. The molecule has 0 saturated heterocycles. The third-order valence-electron chi connectivity index (χ3n) is 2.07. The van der Waals surface area contributed by atoms with Crippen molar-refractivity contribution in [3.8, 4) is 0 Å². The van der Waals surface area contributed by atoms with E-state index in [-0.39, 0.29) is 0 Å². The van der Waals surface area contributed by atoms with Crippen molar-refractivity contribution in [1.29, 1.82) is 0 Å². The summed E-state index contributed by atoms with van der Waals surface area (Å²) in [7, 11) is 0. The smallest absolute Gasteiger partial charge is 0.214 e. The molecule has 0 aromatic carbocycles. The first kappa shape index (κ1) is 18.6. The number of nitrogens with zero attached hydrogens (tertiary/aromatic N) is 5. The summed E-state index contributed by atoms with van der Waals surface area (Å²) in [5.41, 5.74) is 13.1. The molecule has 0 amide bonds. The fourth-order valence-electron chi connectivity index (χ4n) is 1.11. The van der Waals surface area contributed by atoms with Crippen LogP contribution in [0.1, 0.15) is 38.5 Å². The van der Waals surface area contributed by atoms with Crippen LogP contribution < -0.4 is 5.73 Å². The fraction of sp³-hybridized carbons (Fsp3) is 0.833. The van der Waals surface area contributed by atoms with Gasteiger partial charge in [-0.15, -0.1) is 0 Å². The Hall–Kier alpha value is -1.75. The molecule has 18 heavy (non-hydrogen) atoms. The Morgan fingerprint density at radius 1 is 0.889 bits per heavy atom. The monoisotopic (exact) mass is 250 g/mol. The second-order valence-electron chi connectivity index (χ2n) is 3.63. The second kappa shape index (κ2) is 20.6. The van der Waals surface area contributed by atoms with Crippen molar-refractivity contribution >= 4 is 0 Å². The van der Waals surface area contributed by atoms with Gasteiger partial charge in [0, 0.05) is 24.3 Å². The van der Waals surface area contributed by atoms with Crippen LogP contribution in [0, 0.1) is 13.1 Å². The van der Waals surface area contributed by atoms with Crippen LogP contribution in [0.3, 0.4) is 0 Å². The topological polar surface area (TPSA) is 83.5 Å². The zero-order valence-electron chi connectivity index (χ0n) is 10.9. The number of hydrogen-bond donors (Lipinski definition) is 1. The van der Waals surface area contributed by atoms with Crippen LogP contribution in [0.15, 0.2) is 5.11 Å². The highest BCUT2D eigenvalue weighted by Gasteiger charge is 1.88. The van der Waals surface area contributed by atoms with Crippen LogP contribution in [0.5, 0.6) is 0 Å². The maximum Gasteiger partial charge on any atom is 0.214 e. The first-order valence-corrected chi connectivity index (χ1v) is 6.20. The molecule has 0 aliphatic carbocycles. The molecule has 0 unspecified atom stereocenters. The van der Waals surface area contributed by atoms with E-state index < -0.39 is 0 Å². The number of hydrogen-bond acceptors (Lipinski definition) is 2. The highest BCUT2D eigenvalue weighted by Crippen LogP contribution is 1.95. The molecule has 0 aromatic heterocycles. The predicted molar refractivity (Wildman–Crippen MR) is 73.7 cm³/mol. The highest BCUT2D eigenvalue weighted by molar-refractivity contribution is 4.58. The Morgan fingerprint density at radius 3 is 1.89 bits per heavy atom. The molecule has 0 heterocycles. The summed E-state index contributed by atoms with van der Waals surface area (Å²) in [6.45, 7) is 15.5. The van der Waals surface area contributed by atoms with E-state index in [0.29, 0.717) is 19.6 Å². The van der Waals surface area contributed by atoms with E-state index in [9.17, 15) is 0 Å². The summed E-state index contributed by atoms with van der Waals surface area (Å²) in [5, 5.41) is 3.37. The van der Waals surface area contributed by atoms with E-state index in [4.69, 9.17) is 24.4 Å². The molecule has 0 atom stereocenters. The third-order valence-corrected chi connectivity index (χ3v) is 2.07. The predicted octanol–water partition coefficient (Wildman–Crippen LogP) is 3.42. The van der Waals surface area contributed by atoms with Gasteiger partial charge in [-0.1, -0.05) is 5.11 Å². The van der Waals surface area contributed by atoms with Crippen LogP contribution >= 0.6 is 0 Å². The Balaban J connectivity index is 0. The number of unbranched alkanes of at least 4 members (excludes halogenated alkanes) is 4. The molecular formula is C12H22N6. The summed E-state index contributed by atoms with van der Waals surface area (Å²) in [6.07, 6.45) is 6.00. The van der Waals surface area contributed by atoms with Gasteiger partial charge in [-0.05, 0) is 37.8 Å². The van der Waals surface area contributed by atoms with Crippen LogP contribution in [0.4, 0.5) is 0 Å². The zero-order valence-corrected chi connectivity index (χ0v) is 10.9. The SMILES string of the molecule is [C-]#[N+]CCCCCN.[C-]#[N+]CCCCCN=[N+]=[N-]. The first-order chi connectivity index (χ1) is 8.83. The van der Waals surface area contributed by atoms with E-state index in [1.165, 1.54) is 0 Å². The van der Waals surface area contributed by atoms with Crippen molar-refractivity contribution in [2.75, 3.05) is 26.2 Å². The maximum atomic E-state index is 7.88. The van der Waals surface area contributed by atoms with Gasteiger partial charge < -0.3 is 15.4 Å². The van der Waals surface area contributed by atoms with Crippen molar-refractivity contribution < 1.29 is 0 Å². The van der Waals surface area contributed by atoms with E-state index >= 15 is 0 Å². The van der Waals surface area contributed by atoms with E-state index in [0.717, 1.165) is 45.1 Å².